The number of halogens is 5. The van der Waals surface area contributed by atoms with Gasteiger partial charge in [-0.3, -0.25) is 9.59 Å². The maximum absolute atomic E-state index is 12.8. The number of aliphatic carboxylic acids is 1. The minimum Gasteiger partial charge on any atom is -0.481 e. The SMILES string of the molecule is CCCCOC(=O)C(CC(=O)O)NC(=O)C(F)(F)C(F)(F)F. The first kappa shape index (κ1) is 20.1. The zero-order chi connectivity index (χ0) is 17.6. The summed E-state index contributed by atoms with van der Waals surface area (Å²) < 4.78 is 66.0. The molecule has 0 fully saturated rings. The number of ether oxygens (including phenoxy) is 1. The van der Waals surface area contributed by atoms with Gasteiger partial charge in [0.25, 0.3) is 0 Å². The molecule has 0 aliphatic rings. The van der Waals surface area contributed by atoms with Crippen LogP contribution >= 0.6 is 0 Å². The van der Waals surface area contributed by atoms with E-state index in [0.717, 1.165) is 5.32 Å². The largest absolute Gasteiger partial charge is 0.481 e. The van der Waals surface area contributed by atoms with Gasteiger partial charge < -0.3 is 15.2 Å². The fraction of sp³-hybridized carbons (Fsp3) is 0.727. The summed E-state index contributed by atoms with van der Waals surface area (Å²) in [5.74, 6) is -11.7. The Kier molecular flexibility index (Phi) is 7.20. The third-order valence-electron chi connectivity index (χ3n) is 2.35. The molecule has 22 heavy (non-hydrogen) atoms. The van der Waals surface area contributed by atoms with Crippen molar-refractivity contribution in [1.82, 2.24) is 5.32 Å². The minimum atomic E-state index is -6.17. The molecule has 6 nitrogen and oxygen atoms in total. The van der Waals surface area contributed by atoms with Gasteiger partial charge >= 0.3 is 29.9 Å². The molecule has 0 radical (unpaired) electrons. The summed E-state index contributed by atoms with van der Waals surface area (Å²) in [6.07, 6.45) is -6.39. The molecule has 1 unspecified atom stereocenters. The number of carboxylic acids is 1. The first-order chi connectivity index (χ1) is 9.93. The van der Waals surface area contributed by atoms with Crippen molar-refractivity contribution in [2.45, 2.75) is 44.3 Å². The number of carbonyl (C=O) groups excluding carboxylic acids is 2. The van der Waals surface area contributed by atoms with Crippen LogP contribution in [-0.4, -0.2) is 47.7 Å². The number of amides is 1. The van der Waals surface area contributed by atoms with E-state index in [1.54, 1.807) is 6.92 Å². The molecule has 0 aliphatic carbocycles. The number of esters is 1. The summed E-state index contributed by atoms with van der Waals surface area (Å²) in [6.45, 7) is 1.55. The van der Waals surface area contributed by atoms with E-state index in [1.807, 2.05) is 0 Å². The number of unbranched alkanes of at least 4 members (excludes halogenated alkanes) is 1. The smallest absolute Gasteiger partial charge is 0.463 e. The van der Waals surface area contributed by atoms with Gasteiger partial charge in [-0.15, -0.1) is 0 Å². The van der Waals surface area contributed by atoms with Crippen molar-refractivity contribution in [1.29, 1.82) is 0 Å². The van der Waals surface area contributed by atoms with Gasteiger partial charge in [-0.1, -0.05) is 13.3 Å². The standard InChI is InChI=1S/C11H14F5NO5/c1-2-3-4-22-8(20)6(5-7(18)19)17-9(21)10(12,13)11(14,15)16/h6H,2-5H2,1H3,(H,17,21)(H,18,19). The summed E-state index contributed by atoms with van der Waals surface area (Å²) in [4.78, 5) is 32.9. The number of alkyl halides is 5. The van der Waals surface area contributed by atoms with Crippen LogP contribution in [0.25, 0.3) is 0 Å². The van der Waals surface area contributed by atoms with Crippen molar-refractivity contribution in [2.75, 3.05) is 6.61 Å². The molecule has 0 rings (SSSR count). The number of rotatable bonds is 8. The van der Waals surface area contributed by atoms with E-state index >= 15 is 0 Å². The zero-order valence-electron chi connectivity index (χ0n) is 11.4. The molecule has 1 atom stereocenters. The van der Waals surface area contributed by atoms with Crippen molar-refractivity contribution >= 4 is 17.8 Å². The third kappa shape index (κ3) is 5.82. The average Bonchev–Trinajstić information content (AvgIpc) is 2.36. The van der Waals surface area contributed by atoms with Crippen LogP contribution in [0.2, 0.25) is 0 Å². The highest BCUT2D eigenvalue weighted by atomic mass is 19.4. The number of nitrogens with one attached hydrogen (secondary N) is 1. The van der Waals surface area contributed by atoms with E-state index in [2.05, 4.69) is 4.74 Å². The third-order valence-corrected chi connectivity index (χ3v) is 2.35. The van der Waals surface area contributed by atoms with Crippen LogP contribution in [-0.2, 0) is 19.1 Å². The van der Waals surface area contributed by atoms with Crippen LogP contribution in [0.1, 0.15) is 26.2 Å². The highest BCUT2D eigenvalue weighted by Crippen LogP contribution is 2.35. The van der Waals surface area contributed by atoms with Gasteiger partial charge in [0.2, 0.25) is 0 Å². The van der Waals surface area contributed by atoms with Crippen molar-refractivity contribution in [3.8, 4) is 0 Å². The minimum absolute atomic E-state index is 0.184. The lowest BCUT2D eigenvalue weighted by Gasteiger charge is -2.22. The van der Waals surface area contributed by atoms with Crippen molar-refractivity contribution in [2.24, 2.45) is 0 Å². The maximum atomic E-state index is 12.8. The molecule has 0 aliphatic heterocycles. The summed E-state index contributed by atoms with van der Waals surface area (Å²) in [5, 5.41) is 9.57. The Labute approximate surface area is 121 Å². The molecule has 0 aromatic carbocycles. The molecular formula is C11H14F5NO5. The summed E-state index contributed by atoms with van der Waals surface area (Å²) in [6, 6.07) is -2.14. The Hall–Kier alpha value is -1.94. The molecule has 128 valence electrons. The Morgan fingerprint density at radius 1 is 1.18 bits per heavy atom. The highest BCUT2D eigenvalue weighted by Gasteiger charge is 2.63. The average molecular weight is 335 g/mol. The predicted molar refractivity (Wildman–Crippen MR) is 61.1 cm³/mol. The molecular weight excluding hydrogens is 321 g/mol. The Morgan fingerprint density at radius 3 is 2.14 bits per heavy atom. The molecule has 0 bridgehead atoms. The van der Waals surface area contributed by atoms with E-state index in [1.165, 1.54) is 0 Å². The van der Waals surface area contributed by atoms with E-state index in [4.69, 9.17) is 5.11 Å². The normalized spacial score (nSPS) is 13.4. The molecule has 0 spiro atoms. The highest BCUT2D eigenvalue weighted by molar-refractivity contribution is 5.91. The van der Waals surface area contributed by atoms with E-state index in [0.29, 0.717) is 12.8 Å². The van der Waals surface area contributed by atoms with Gasteiger partial charge in [0.15, 0.2) is 0 Å². The molecule has 0 saturated heterocycles. The molecule has 0 saturated carbocycles. The van der Waals surface area contributed by atoms with E-state index < -0.39 is 42.4 Å². The van der Waals surface area contributed by atoms with Crippen LogP contribution in [0.5, 0.6) is 0 Å². The van der Waals surface area contributed by atoms with Crippen LogP contribution in [0, 0.1) is 0 Å². The molecule has 0 heterocycles. The second kappa shape index (κ2) is 7.90. The second-order valence-electron chi connectivity index (χ2n) is 4.22. The van der Waals surface area contributed by atoms with Crippen LogP contribution < -0.4 is 5.32 Å². The van der Waals surface area contributed by atoms with Crippen molar-refractivity contribution in [3.05, 3.63) is 0 Å². The van der Waals surface area contributed by atoms with Gasteiger partial charge in [-0.2, -0.15) is 22.0 Å². The first-order valence-corrected chi connectivity index (χ1v) is 6.07. The maximum Gasteiger partial charge on any atom is 0.463 e. The Balaban J connectivity index is 4.96. The van der Waals surface area contributed by atoms with Crippen LogP contribution in [0.3, 0.4) is 0 Å². The summed E-state index contributed by atoms with van der Waals surface area (Å²) in [7, 11) is 0. The molecule has 0 aromatic rings. The number of hydrogen-bond acceptors (Lipinski definition) is 4. The number of carbonyl (C=O) groups is 3. The molecule has 1 amide bonds. The lowest BCUT2D eigenvalue weighted by atomic mass is 10.2. The monoisotopic (exact) mass is 335 g/mol. The van der Waals surface area contributed by atoms with Crippen LogP contribution in [0.15, 0.2) is 0 Å². The second-order valence-corrected chi connectivity index (χ2v) is 4.22. The van der Waals surface area contributed by atoms with Crippen molar-refractivity contribution in [3.63, 3.8) is 0 Å². The fourth-order valence-electron chi connectivity index (χ4n) is 1.16. The van der Waals surface area contributed by atoms with Gasteiger partial charge in [0.05, 0.1) is 13.0 Å². The molecule has 0 aromatic heterocycles. The summed E-state index contributed by atoms with van der Waals surface area (Å²) >= 11 is 0. The van der Waals surface area contributed by atoms with Gasteiger partial charge in [-0.05, 0) is 6.42 Å². The van der Waals surface area contributed by atoms with Gasteiger partial charge in [-0.25, -0.2) is 4.79 Å². The van der Waals surface area contributed by atoms with Gasteiger partial charge in [0, 0.05) is 0 Å². The molecule has 2 N–H and O–H groups in total. The van der Waals surface area contributed by atoms with Crippen molar-refractivity contribution < 1.29 is 46.2 Å². The van der Waals surface area contributed by atoms with E-state index in [-0.39, 0.29) is 6.61 Å². The van der Waals surface area contributed by atoms with Gasteiger partial charge in [0.1, 0.15) is 6.04 Å². The first-order valence-electron chi connectivity index (χ1n) is 6.07. The molecule has 11 heteroatoms. The topological polar surface area (TPSA) is 92.7 Å². The predicted octanol–water partition coefficient (Wildman–Crippen LogP) is 1.49. The fourth-order valence-corrected chi connectivity index (χ4v) is 1.16. The Bertz CT molecular complexity index is 424. The number of carboxylic acid groups (broad SMARTS) is 1. The lowest BCUT2D eigenvalue weighted by molar-refractivity contribution is -0.270. The van der Waals surface area contributed by atoms with E-state index in [9.17, 15) is 36.3 Å². The summed E-state index contributed by atoms with van der Waals surface area (Å²) in [5.41, 5.74) is 0. The Morgan fingerprint density at radius 2 is 1.73 bits per heavy atom. The number of hydrogen-bond donors (Lipinski definition) is 2. The zero-order valence-corrected chi connectivity index (χ0v) is 11.4. The van der Waals surface area contributed by atoms with Crippen LogP contribution in [0.4, 0.5) is 22.0 Å². The lowest BCUT2D eigenvalue weighted by Crippen LogP contribution is -2.55. The quantitative estimate of drug-likeness (QED) is 0.398.